The highest BCUT2D eigenvalue weighted by atomic mass is 15.4. The predicted octanol–water partition coefficient (Wildman–Crippen LogP) is 7.84. The van der Waals surface area contributed by atoms with E-state index < -0.39 is 0 Å². The second-order valence-corrected chi connectivity index (χ2v) is 10.8. The molecule has 0 N–H and O–H groups in total. The molecule has 3 aromatic rings. The molecule has 0 atom stereocenters. The zero-order valence-corrected chi connectivity index (χ0v) is 21.7. The fourth-order valence-corrected chi connectivity index (χ4v) is 5.03. The Balaban J connectivity index is 2.33. The van der Waals surface area contributed by atoms with Gasteiger partial charge in [0.05, 0.1) is 17.3 Å². The monoisotopic (exact) mass is 431 g/mol. The lowest BCUT2D eigenvalue weighted by Crippen LogP contribution is -2.42. The largest absolute Gasteiger partial charge is 0.239 e. The molecule has 1 aromatic heterocycles. The van der Waals surface area contributed by atoms with Gasteiger partial charge in [-0.25, -0.2) is 0 Å². The first kappa shape index (κ1) is 24.3. The Bertz CT molecular complexity index is 1020. The molecule has 32 heavy (non-hydrogen) atoms. The van der Waals surface area contributed by atoms with Gasteiger partial charge in [0.25, 0.3) is 0 Å². The van der Waals surface area contributed by atoms with E-state index in [0.717, 1.165) is 12.8 Å². The van der Waals surface area contributed by atoms with Crippen LogP contribution in [0.1, 0.15) is 89.7 Å². The minimum Gasteiger partial charge on any atom is -0.149 e. The van der Waals surface area contributed by atoms with E-state index in [4.69, 9.17) is 0 Å². The Labute approximate surface area is 196 Å². The van der Waals surface area contributed by atoms with E-state index in [9.17, 15) is 0 Å². The molecule has 3 rings (SSSR count). The maximum atomic E-state index is 2.47. The molecule has 0 unspecified atom stereocenters. The number of hydrogen-bond donors (Lipinski definition) is 0. The highest BCUT2D eigenvalue weighted by molar-refractivity contribution is 5.72. The van der Waals surface area contributed by atoms with Crippen LogP contribution in [0, 0.1) is 18.8 Å². The molecule has 1 heterocycles. The Morgan fingerprint density at radius 2 is 1.31 bits per heavy atom. The van der Waals surface area contributed by atoms with Crippen molar-refractivity contribution in [3.05, 3.63) is 71.0 Å². The van der Waals surface area contributed by atoms with Gasteiger partial charge < -0.3 is 0 Å². The summed E-state index contributed by atoms with van der Waals surface area (Å²) in [7, 11) is 0. The maximum Gasteiger partial charge on any atom is 0.239 e. The van der Waals surface area contributed by atoms with Gasteiger partial charge in [-0.2, -0.15) is 0 Å². The van der Waals surface area contributed by atoms with Crippen molar-refractivity contribution >= 4 is 0 Å². The van der Waals surface area contributed by atoms with Crippen molar-refractivity contribution < 1.29 is 4.68 Å². The van der Waals surface area contributed by atoms with Gasteiger partial charge in [0.1, 0.15) is 0 Å². The van der Waals surface area contributed by atoms with E-state index in [1.165, 1.54) is 39.2 Å². The van der Waals surface area contributed by atoms with E-state index in [2.05, 4.69) is 120 Å². The van der Waals surface area contributed by atoms with Crippen molar-refractivity contribution in [1.82, 2.24) is 4.68 Å². The second kappa shape index (κ2) is 10.1. The number of benzene rings is 2. The van der Waals surface area contributed by atoms with E-state index in [1.54, 1.807) is 0 Å². The van der Waals surface area contributed by atoms with Crippen LogP contribution in [-0.2, 0) is 12.8 Å². The normalized spacial score (nSPS) is 12.0. The molecule has 2 nitrogen and oxygen atoms in total. The molecule has 2 heteroatoms. The van der Waals surface area contributed by atoms with Gasteiger partial charge in [0.2, 0.25) is 11.9 Å². The van der Waals surface area contributed by atoms with Crippen LogP contribution >= 0.6 is 0 Å². The van der Waals surface area contributed by atoms with Gasteiger partial charge >= 0.3 is 0 Å². The molecule has 0 saturated heterocycles. The molecule has 0 aliphatic heterocycles. The lowest BCUT2D eigenvalue weighted by Gasteiger charge is -2.17. The topological polar surface area (TPSA) is 8.81 Å². The molecule has 172 valence electrons. The SMILES string of the molecule is Cc1c(-c2c(CC(C)C)cccc2CC(C)C)c[n+](-c2ccccc2C(C)C)n1C(C)C. The second-order valence-electron chi connectivity index (χ2n) is 10.8. The molecule has 2 aromatic carbocycles. The molecule has 0 aliphatic rings. The van der Waals surface area contributed by atoms with Crippen LogP contribution in [0.3, 0.4) is 0 Å². The smallest absolute Gasteiger partial charge is 0.149 e. The first-order valence-corrected chi connectivity index (χ1v) is 12.5. The first-order chi connectivity index (χ1) is 15.1. The summed E-state index contributed by atoms with van der Waals surface area (Å²) in [5.41, 5.74) is 9.82. The van der Waals surface area contributed by atoms with Crippen LogP contribution in [0.5, 0.6) is 0 Å². The third-order valence-corrected chi connectivity index (χ3v) is 6.27. The summed E-state index contributed by atoms with van der Waals surface area (Å²) >= 11 is 0. The molecule has 0 amide bonds. The van der Waals surface area contributed by atoms with Crippen molar-refractivity contribution in [2.75, 3.05) is 0 Å². The number of hydrogen-bond acceptors (Lipinski definition) is 0. The lowest BCUT2D eigenvalue weighted by atomic mass is 9.87. The van der Waals surface area contributed by atoms with Crippen LogP contribution in [-0.4, -0.2) is 4.68 Å². The van der Waals surface area contributed by atoms with E-state index in [1.807, 2.05) is 0 Å². The molecule has 0 radical (unpaired) electrons. The highest BCUT2D eigenvalue weighted by Crippen LogP contribution is 2.34. The van der Waals surface area contributed by atoms with Gasteiger partial charge in [-0.1, -0.05) is 82.6 Å². The molecular formula is C30H43N2+. The molecule has 0 saturated carbocycles. The van der Waals surface area contributed by atoms with Crippen molar-refractivity contribution in [2.45, 2.75) is 87.1 Å². The van der Waals surface area contributed by atoms with Gasteiger partial charge in [0, 0.05) is 11.6 Å². The third kappa shape index (κ3) is 5.00. The summed E-state index contributed by atoms with van der Waals surface area (Å²) in [4.78, 5) is 0. The van der Waals surface area contributed by atoms with Crippen molar-refractivity contribution in [3.63, 3.8) is 0 Å². The minimum atomic E-state index is 0.370. The summed E-state index contributed by atoms with van der Waals surface area (Å²) < 4.78 is 4.89. The van der Waals surface area contributed by atoms with Gasteiger partial charge in [-0.05, 0) is 68.1 Å². The summed E-state index contributed by atoms with van der Waals surface area (Å²) in [6.45, 7) is 20.8. The number of rotatable bonds is 8. The average molecular weight is 432 g/mol. The van der Waals surface area contributed by atoms with Gasteiger partial charge in [-0.3, -0.25) is 0 Å². The Kier molecular flexibility index (Phi) is 7.64. The molecule has 0 fully saturated rings. The molecule has 0 bridgehead atoms. The number of aromatic nitrogens is 2. The van der Waals surface area contributed by atoms with Crippen LogP contribution in [0.2, 0.25) is 0 Å². The van der Waals surface area contributed by atoms with E-state index >= 15 is 0 Å². The van der Waals surface area contributed by atoms with Crippen molar-refractivity contribution in [1.29, 1.82) is 0 Å². The third-order valence-electron chi connectivity index (χ3n) is 6.27. The van der Waals surface area contributed by atoms with Crippen LogP contribution < -0.4 is 4.68 Å². The van der Waals surface area contributed by atoms with Crippen LogP contribution in [0.25, 0.3) is 16.8 Å². The summed E-state index contributed by atoms with van der Waals surface area (Å²) in [5.74, 6) is 1.73. The molecular weight excluding hydrogens is 388 g/mol. The van der Waals surface area contributed by atoms with Crippen LogP contribution in [0.15, 0.2) is 48.7 Å². The fourth-order valence-electron chi connectivity index (χ4n) is 5.03. The van der Waals surface area contributed by atoms with Gasteiger partial charge in [0.15, 0.2) is 0 Å². The molecule has 0 spiro atoms. The highest BCUT2D eigenvalue weighted by Gasteiger charge is 2.28. The minimum absolute atomic E-state index is 0.370. The maximum absolute atomic E-state index is 2.47. The Morgan fingerprint density at radius 3 is 1.81 bits per heavy atom. The zero-order chi connectivity index (χ0) is 23.6. The summed E-state index contributed by atoms with van der Waals surface area (Å²) in [6, 6.07) is 16.2. The van der Waals surface area contributed by atoms with Crippen molar-refractivity contribution in [2.24, 2.45) is 11.8 Å². The standard InChI is InChI=1S/C30H43N2/c1-20(2)17-25-13-12-14-26(18-21(3)4)30(25)28-19-31(32(23(7)8)24(28)9)29-16-11-10-15-27(29)22(5)6/h10-16,19-23H,17-18H2,1-9H3/q+1. The Hall–Kier alpha value is -2.35. The van der Waals surface area contributed by atoms with Crippen LogP contribution in [0.4, 0.5) is 0 Å². The van der Waals surface area contributed by atoms with E-state index in [-0.39, 0.29) is 0 Å². The summed E-state index contributed by atoms with van der Waals surface area (Å²) in [6.07, 6.45) is 4.62. The predicted molar refractivity (Wildman–Crippen MR) is 138 cm³/mol. The van der Waals surface area contributed by atoms with Crippen molar-refractivity contribution in [3.8, 4) is 16.8 Å². The number of para-hydroxylation sites is 1. The molecule has 0 aliphatic carbocycles. The van der Waals surface area contributed by atoms with E-state index in [0.29, 0.717) is 23.8 Å². The zero-order valence-electron chi connectivity index (χ0n) is 21.7. The average Bonchev–Trinajstić information content (AvgIpc) is 3.04. The Morgan fingerprint density at radius 1 is 0.750 bits per heavy atom. The number of nitrogens with zero attached hydrogens (tertiary/aromatic N) is 2. The lowest BCUT2D eigenvalue weighted by molar-refractivity contribution is -0.688. The first-order valence-electron chi connectivity index (χ1n) is 12.5. The fraction of sp³-hybridized carbons (Fsp3) is 0.500. The summed E-state index contributed by atoms with van der Waals surface area (Å²) in [5, 5.41) is 0. The van der Waals surface area contributed by atoms with Gasteiger partial charge in [-0.15, -0.1) is 4.68 Å². The quantitative estimate of drug-likeness (QED) is 0.321.